The second-order valence-corrected chi connectivity index (χ2v) is 8.72. The fraction of sp³-hybridized carbons (Fsp3) is 0.440. The Kier molecular flexibility index (Phi) is 6.00. The van der Waals surface area contributed by atoms with E-state index in [0.717, 1.165) is 63.2 Å². The third-order valence-corrected chi connectivity index (χ3v) is 6.55. The molecule has 3 aromatic rings. The first kappa shape index (κ1) is 20.2. The summed E-state index contributed by atoms with van der Waals surface area (Å²) in [5, 5.41) is 0. The van der Waals surface area contributed by atoms with E-state index in [0.29, 0.717) is 19.0 Å². The average molecular weight is 419 g/mol. The molecule has 0 spiro atoms. The monoisotopic (exact) mass is 418 g/mol. The lowest BCUT2D eigenvalue weighted by atomic mass is 10.0. The highest BCUT2D eigenvalue weighted by Crippen LogP contribution is 2.22. The summed E-state index contributed by atoms with van der Waals surface area (Å²) in [6.45, 7) is 5.94. The zero-order valence-electron chi connectivity index (χ0n) is 17.9. The highest BCUT2D eigenvalue weighted by molar-refractivity contribution is 5.24. The van der Waals surface area contributed by atoms with Crippen LogP contribution in [0.15, 0.2) is 59.7 Å². The molecule has 1 atom stereocenters. The summed E-state index contributed by atoms with van der Waals surface area (Å²) in [5.74, 6) is 0.611. The van der Waals surface area contributed by atoms with Gasteiger partial charge in [0.25, 0.3) is 5.56 Å². The van der Waals surface area contributed by atoms with E-state index in [1.54, 1.807) is 6.20 Å². The quantitative estimate of drug-likeness (QED) is 0.592. The molecule has 0 N–H and O–H groups in total. The van der Waals surface area contributed by atoms with Crippen molar-refractivity contribution in [3.05, 3.63) is 87.6 Å². The predicted octanol–water partition coefficient (Wildman–Crippen LogP) is 2.73. The molecule has 0 aliphatic carbocycles. The number of rotatable bonds is 7. The molecule has 5 rings (SSSR count). The molecule has 31 heavy (non-hydrogen) atoms. The van der Waals surface area contributed by atoms with E-state index >= 15 is 0 Å². The Morgan fingerprint density at radius 1 is 1.06 bits per heavy atom. The molecule has 2 aliphatic rings. The van der Waals surface area contributed by atoms with Gasteiger partial charge in [0, 0.05) is 50.7 Å². The van der Waals surface area contributed by atoms with E-state index < -0.39 is 0 Å². The van der Waals surface area contributed by atoms with Gasteiger partial charge in [-0.25, -0.2) is 4.68 Å². The lowest BCUT2D eigenvalue weighted by Gasteiger charge is -2.29. The Morgan fingerprint density at radius 3 is 2.71 bits per heavy atom. The zero-order chi connectivity index (χ0) is 21.0. The van der Waals surface area contributed by atoms with E-state index in [4.69, 9.17) is 4.74 Å². The lowest BCUT2D eigenvalue weighted by Crippen LogP contribution is -2.36. The third-order valence-electron chi connectivity index (χ3n) is 6.55. The summed E-state index contributed by atoms with van der Waals surface area (Å²) in [6.07, 6.45) is 6.51. The fourth-order valence-electron chi connectivity index (χ4n) is 4.88. The van der Waals surface area contributed by atoms with Crippen LogP contribution in [0.25, 0.3) is 0 Å². The van der Waals surface area contributed by atoms with Crippen LogP contribution in [0.1, 0.15) is 28.8 Å². The summed E-state index contributed by atoms with van der Waals surface area (Å²) in [5.41, 5.74) is 4.72. The molecule has 6 heteroatoms. The van der Waals surface area contributed by atoms with Gasteiger partial charge < -0.3 is 4.74 Å². The maximum absolute atomic E-state index is 13.4. The highest BCUT2D eigenvalue weighted by atomic mass is 16.5. The summed E-state index contributed by atoms with van der Waals surface area (Å²) >= 11 is 0. The Bertz CT molecular complexity index is 1050. The Morgan fingerprint density at radius 2 is 1.94 bits per heavy atom. The fourth-order valence-corrected chi connectivity index (χ4v) is 4.88. The molecular formula is C25H30N4O2. The molecule has 4 heterocycles. The summed E-state index contributed by atoms with van der Waals surface area (Å²) in [6, 6.07) is 14.5. The van der Waals surface area contributed by atoms with Crippen molar-refractivity contribution in [3.63, 3.8) is 0 Å². The van der Waals surface area contributed by atoms with Crippen LogP contribution in [0.4, 0.5) is 0 Å². The van der Waals surface area contributed by atoms with Crippen molar-refractivity contribution < 1.29 is 4.74 Å². The van der Waals surface area contributed by atoms with Gasteiger partial charge in [-0.2, -0.15) is 0 Å². The van der Waals surface area contributed by atoms with Gasteiger partial charge in [-0.15, -0.1) is 0 Å². The number of benzene rings is 1. The van der Waals surface area contributed by atoms with Crippen LogP contribution in [0.2, 0.25) is 0 Å². The van der Waals surface area contributed by atoms with Gasteiger partial charge >= 0.3 is 0 Å². The molecule has 0 bridgehead atoms. The van der Waals surface area contributed by atoms with Gasteiger partial charge in [-0.05, 0) is 42.4 Å². The van der Waals surface area contributed by atoms with Crippen LogP contribution in [-0.2, 0) is 37.2 Å². The number of hydrogen-bond acceptors (Lipinski definition) is 4. The van der Waals surface area contributed by atoms with E-state index in [9.17, 15) is 4.79 Å². The average Bonchev–Trinajstić information content (AvgIpc) is 3.41. The molecule has 1 aromatic carbocycles. The van der Waals surface area contributed by atoms with E-state index in [1.807, 2.05) is 23.0 Å². The maximum Gasteiger partial charge on any atom is 0.270 e. The Labute approximate surface area is 183 Å². The molecule has 1 saturated heterocycles. The number of fused-ring (bicyclic) bond motifs is 1. The minimum absolute atomic E-state index is 0.179. The summed E-state index contributed by atoms with van der Waals surface area (Å²) in [7, 11) is 0. The minimum atomic E-state index is 0.179. The number of nitrogens with zero attached hydrogens (tertiary/aromatic N) is 4. The number of aromatic nitrogens is 3. The minimum Gasteiger partial charge on any atom is -0.381 e. The molecule has 162 valence electrons. The van der Waals surface area contributed by atoms with E-state index in [1.165, 1.54) is 11.3 Å². The SMILES string of the molecule is O=c1c2c(n(Cc3cccnc3)n1CCc1ccccc1)CN(CC1CCOC1)CC2. The Hall–Kier alpha value is -2.70. The smallest absolute Gasteiger partial charge is 0.270 e. The second-order valence-electron chi connectivity index (χ2n) is 8.72. The number of pyridine rings is 1. The van der Waals surface area contributed by atoms with Crippen molar-refractivity contribution in [1.82, 2.24) is 19.2 Å². The van der Waals surface area contributed by atoms with Crippen molar-refractivity contribution in [1.29, 1.82) is 0 Å². The van der Waals surface area contributed by atoms with Crippen LogP contribution in [0.3, 0.4) is 0 Å². The summed E-state index contributed by atoms with van der Waals surface area (Å²) < 4.78 is 9.76. The highest BCUT2D eigenvalue weighted by Gasteiger charge is 2.28. The van der Waals surface area contributed by atoms with Gasteiger partial charge in [-0.1, -0.05) is 36.4 Å². The first-order valence-electron chi connectivity index (χ1n) is 11.3. The predicted molar refractivity (Wildman–Crippen MR) is 120 cm³/mol. The van der Waals surface area contributed by atoms with Crippen molar-refractivity contribution in [2.45, 2.75) is 38.9 Å². The normalized spacial score (nSPS) is 18.9. The molecule has 2 aliphatic heterocycles. The topological polar surface area (TPSA) is 52.3 Å². The molecule has 0 saturated carbocycles. The number of ether oxygens (including phenoxy) is 1. The van der Waals surface area contributed by atoms with Crippen LogP contribution < -0.4 is 5.56 Å². The van der Waals surface area contributed by atoms with Crippen LogP contribution in [0, 0.1) is 5.92 Å². The first-order valence-corrected chi connectivity index (χ1v) is 11.3. The van der Waals surface area contributed by atoms with Gasteiger partial charge in [-0.3, -0.25) is 19.4 Å². The van der Waals surface area contributed by atoms with Crippen LogP contribution in [-0.4, -0.2) is 45.6 Å². The molecule has 0 radical (unpaired) electrons. The Balaban J connectivity index is 1.44. The van der Waals surface area contributed by atoms with Crippen molar-refractivity contribution in [3.8, 4) is 0 Å². The molecule has 2 aromatic heterocycles. The number of aryl methyl sites for hydroxylation is 1. The molecule has 6 nitrogen and oxygen atoms in total. The molecular weight excluding hydrogens is 388 g/mol. The molecule has 1 fully saturated rings. The van der Waals surface area contributed by atoms with Crippen molar-refractivity contribution >= 4 is 0 Å². The van der Waals surface area contributed by atoms with Gasteiger partial charge in [0.2, 0.25) is 0 Å². The van der Waals surface area contributed by atoms with Crippen molar-refractivity contribution in [2.75, 3.05) is 26.3 Å². The summed E-state index contributed by atoms with van der Waals surface area (Å²) in [4.78, 5) is 20.2. The second kappa shape index (κ2) is 9.20. The maximum atomic E-state index is 13.4. The zero-order valence-corrected chi connectivity index (χ0v) is 17.9. The lowest BCUT2D eigenvalue weighted by molar-refractivity contribution is 0.160. The third kappa shape index (κ3) is 4.50. The van der Waals surface area contributed by atoms with Gasteiger partial charge in [0.1, 0.15) is 0 Å². The van der Waals surface area contributed by atoms with Crippen molar-refractivity contribution in [2.24, 2.45) is 5.92 Å². The standard InChI is InChI=1S/C25H30N4O2/c30-25-23-9-12-27(16-22-10-14-31-19-22)18-24(23)29(17-21-7-4-11-26-15-21)28(25)13-8-20-5-2-1-3-6-20/h1-7,11,15,22H,8-10,12-14,16-19H2. The number of hydrogen-bond donors (Lipinski definition) is 0. The molecule has 1 unspecified atom stereocenters. The van der Waals surface area contributed by atoms with Crippen LogP contribution >= 0.6 is 0 Å². The van der Waals surface area contributed by atoms with Gasteiger partial charge in [0.15, 0.2) is 0 Å². The van der Waals surface area contributed by atoms with Crippen LogP contribution in [0.5, 0.6) is 0 Å². The van der Waals surface area contributed by atoms with Gasteiger partial charge in [0.05, 0.1) is 18.8 Å². The molecule has 0 amide bonds. The largest absolute Gasteiger partial charge is 0.381 e. The van der Waals surface area contributed by atoms with E-state index in [2.05, 4.69) is 44.9 Å². The van der Waals surface area contributed by atoms with E-state index in [-0.39, 0.29) is 5.56 Å². The first-order chi connectivity index (χ1) is 15.3.